The highest BCUT2D eigenvalue weighted by Gasteiger charge is 2.39. The van der Waals surface area contributed by atoms with Gasteiger partial charge in [0.05, 0.1) is 32.3 Å². The summed E-state index contributed by atoms with van der Waals surface area (Å²) in [7, 11) is 4.61. The fourth-order valence-corrected chi connectivity index (χ4v) is 2.89. The number of rotatable bonds is 6. The predicted molar refractivity (Wildman–Crippen MR) is 83.5 cm³/mol. The van der Waals surface area contributed by atoms with E-state index in [-0.39, 0.29) is 18.4 Å². The molecule has 0 unspecified atom stereocenters. The van der Waals surface area contributed by atoms with Crippen molar-refractivity contribution in [1.29, 1.82) is 0 Å². The Bertz CT molecular complexity index is 590. The van der Waals surface area contributed by atoms with Gasteiger partial charge in [0.25, 0.3) is 5.91 Å². The third-order valence-corrected chi connectivity index (χ3v) is 4.11. The quantitative estimate of drug-likeness (QED) is 0.824. The van der Waals surface area contributed by atoms with E-state index in [1.54, 1.807) is 37.3 Å². The van der Waals surface area contributed by atoms with Crippen molar-refractivity contribution >= 4 is 11.8 Å². The highest BCUT2D eigenvalue weighted by atomic mass is 16.5. The van der Waals surface area contributed by atoms with Crippen LogP contribution in [-0.4, -0.2) is 57.7 Å². The van der Waals surface area contributed by atoms with Gasteiger partial charge in [0, 0.05) is 32.2 Å². The minimum absolute atomic E-state index is 0.0920. The van der Waals surface area contributed by atoms with E-state index in [0.717, 1.165) is 0 Å². The molecule has 0 aliphatic carbocycles. The van der Waals surface area contributed by atoms with Crippen LogP contribution >= 0.6 is 0 Å². The number of hydrogen-bond acceptors (Lipinski definition) is 5. The van der Waals surface area contributed by atoms with Gasteiger partial charge in [-0.25, -0.2) is 0 Å². The number of methoxy groups -OCH3 is 3. The molecule has 2 rings (SSSR count). The Labute approximate surface area is 135 Å². The molecule has 2 amide bonds. The molecule has 1 heterocycles. The lowest BCUT2D eigenvalue weighted by atomic mass is 9.96. The van der Waals surface area contributed by atoms with Crippen LogP contribution in [0.4, 0.5) is 0 Å². The molecule has 2 atom stereocenters. The van der Waals surface area contributed by atoms with Crippen molar-refractivity contribution in [1.82, 2.24) is 4.90 Å². The van der Waals surface area contributed by atoms with Crippen LogP contribution in [0.2, 0.25) is 0 Å². The summed E-state index contributed by atoms with van der Waals surface area (Å²) in [5, 5.41) is 0. The van der Waals surface area contributed by atoms with Crippen LogP contribution in [0.15, 0.2) is 18.2 Å². The summed E-state index contributed by atoms with van der Waals surface area (Å²) in [5.74, 6) is -0.0699. The van der Waals surface area contributed by atoms with Gasteiger partial charge in [-0.15, -0.1) is 0 Å². The SMILES string of the molecule is COC[C@@H]1CN(C(=O)c2ccc(OC)cc2OC)C[C@H]1C(N)=O. The Kier molecular flexibility index (Phi) is 5.44. The van der Waals surface area contributed by atoms with Crippen LogP contribution in [0.25, 0.3) is 0 Å². The van der Waals surface area contributed by atoms with E-state index in [2.05, 4.69) is 0 Å². The normalized spacial score (nSPS) is 20.4. The summed E-state index contributed by atoms with van der Waals surface area (Å²) in [4.78, 5) is 26.0. The molecule has 2 N–H and O–H groups in total. The number of hydrogen-bond donors (Lipinski definition) is 1. The van der Waals surface area contributed by atoms with Crippen molar-refractivity contribution in [3.63, 3.8) is 0 Å². The second-order valence-corrected chi connectivity index (χ2v) is 5.50. The number of carbonyl (C=O) groups is 2. The molecule has 1 aromatic carbocycles. The summed E-state index contributed by atoms with van der Waals surface area (Å²) in [6.45, 7) is 1.10. The Morgan fingerprint density at radius 1 is 1.22 bits per heavy atom. The van der Waals surface area contributed by atoms with Gasteiger partial charge < -0.3 is 24.8 Å². The first-order valence-electron chi connectivity index (χ1n) is 7.31. The van der Waals surface area contributed by atoms with Crippen molar-refractivity contribution in [2.75, 3.05) is 41.0 Å². The van der Waals surface area contributed by atoms with Crippen LogP contribution < -0.4 is 15.2 Å². The van der Waals surface area contributed by atoms with Gasteiger partial charge in [0.15, 0.2) is 0 Å². The average molecular weight is 322 g/mol. The van der Waals surface area contributed by atoms with E-state index in [9.17, 15) is 9.59 Å². The number of nitrogens with two attached hydrogens (primary N) is 1. The maximum Gasteiger partial charge on any atom is 0.257 e. The number of benzene rings is 1. The zero-order valence-corrected chi connectivity index (χ0v) is 13.6. The second kappa shape index (κ2) is 7.32. The number of likely N-dealkylation sites (tertiary alicyclic amines) is 1. The molecule has 1 aliphatic heterocycles. The molecule has 0 bridgehead atoms. The van der Waals surface area contributed by atoms with Crippen molar-refractivity contribution in [2.45, 2.75) is 0 Å². The molecule has 7 heteroatoms. The van der Waals surface area contributed by atoms with Gasteiger partial charge in [-0.2, -0.15) is 0 Å². The van der Waals surface area contributed by atoms with E-state index < -0.39 is 11.8 Å². The second-order valence-electron chi connectivity index (χ2n) is 5.50. The van der Waals surface area contributed by atoms with Crippen LogP contribution in [0.3, 0.4) is 0 Å². The highest BCUT2D eigenvalue weighted by molar-refractivity contribution is 5.97. The number of primary amides is 1. The van der Waals surface area contributed by atoms with Gasteiger partial charge in [0.2, 0.25) is 5.91 Å². The molecule has 0 spiro atoms. The van der Waals surface area contributed by atoms with E-state index in [0.29, 0.717) is 30.2 Å². The van der Waals surface area contributed by atoms with Crippen molar-refractivity contribution in [3.05, 3.63) is 23.8 Å². The minimum Gasteiger partial charge on any atom is -0.497 e. The lowest BCUT2D eigenvalue weighted by molar-refractivity contribution is -0.122. The first kappa shape index (κ1) is 17.1. The zero-order valence-electron chi connectivity index (χ0n) is 13.6. The summed E-state index contributed by atoms with van der Waals surface area (Å²) >= 11 is 0. The van der Waals surface area contributed by atoms with Gasteiger partial charge in [-0.3, -0.25) is 9.59 Å². The predicted octanol–water partition coefficient (Wildman–Crippen LogP) is 0.524. The van der Waals surface area contributed by atoms with Crippen LogP contribution in [-0.2, 0) is 9.53 Å². The molecule has 1 saturated heterocycles. The number of nitrogens with zero attached hydrogens (tertiary/aromatic N) is 1. The molecule has 1 fully saturated rings. The van der Waals surface area contributed by atoms with Crippen molar-refractivity contribution in [2.24, 2.45) is 17.6 Å². The maximum atomic E-state index is 12.8. The molecule has 0 saturated carbocycles. The lowest BCUT2D eigenvalue weighted by Gasteiger charge is -2.18. The van der Waals surface area contributed by atoms with Crippen molar-refractivity contribution < 1.29 is 23.8 Å². The first-order chi connectivity index (χ1) is 11.0. The topological polar surface area (TPSA) is 91.1 Å². The van der Waals surface area contributed by atoms with E-state index >= 15 is 0 Å². The smallest absolute Gasteiger partial charge is 0.257 e. The maximum absolute atomic E-state index is 12.8. The molecule has 1 aliphatic rings. The molecular formula is C16H22N2O5. The number of ether oxygens (including phenoxy) is 3. The molecule has 0 aromatic heterocycles. The fourth-order valence-electron chi connectivity index (χ4n) is 2.89. The molecule has 0 radical (unpaired) electrons. The monoisotopic (exact) mass is 322 g/mol. The third-order valence-electron chi connectivity index (χ3n) is 4.11. The van der Waals surface area contributed by atoms with E-state index in [4.69, 9.17) is 19.9 Å². The van der Waals surface area contributed by atoms with Gasteiger partial charge >= 0.3 is 0 Å². The van der Waals surface area contributed by atoms with E-state index in [1.165, 1.54) is 7.11 Å². The molecular weight excluding hydrogens is 300 g/mol. The fraction of sp³-hybridized carbons (Fsp3) is 0.500. The Balaban J connectivity index is 2.22. The highest BCUT2D eigenvalue weighted by Crippen LogP contribution is 2.29. The summed E-state index contributed by atoms with van der Waals surface area (Å²) < 4.78 is 15.5. The van der Waals surface area contributed by atoms with Gasteiger partial charge in [-0.05, 0) is 12.1 Å². The number of carbonyl (C=O) groups excluding carboxylic acids is 2. The van der Waals surface area contributed by atoms with Gasteiger partial charge in [0.1, 0.15) is 11.5 Å². The van der Waals surface area contributed by atoms with Crippen LogP contribution in [0.1, 0.15) is 10.4 Å². The van der Waals surface area contributed by atoms with Crippen LogP contribution in [0.5, 0.6) is 11.5 Å². The summed E-state index contributed by atoms with van der Waals surface area (Å²) in [6, 6.07) is 5.01. The summed E-state index contributed by atoms with van der Waals surface area (Å²) in [6.07, 6.45) is 0. The zero-order chi connectivity index (χ0) is 17.0. The Morgan fingerprint density at radius 2 is 1.96 bits per heavy atom. The van der Waals surface area contributed by atoms with Crippen molar-refractivity contribution in [3.8, 4) is 11.5 Å². The largest absolute Gasteiger partial charge is 0.497 e. The standard InChI is InChI=1S/C16H22N2O5/c1-21-9-10-7-18(8-13(10)15(17)19)16(20)12-5-4-11(22-2)6-14(12)23-3/h4-6,10,13H,7-9H2,1-3H3,(H2,17,19)/t10-,13+/m0/s1. The van der Waals surface area contributed by atoms with E-state index in [1.807, 2.05) is 0 Å². The number of amides is 2. The Morgan fingerprint density at radius 3 is 2.52 bits per heavy atom. The Hall–Kier alpha value is -2.28. The molecule has 7 nitrogen and oxygen atoms in total. The summed E-state index contributed by atoms with van der Waals surface area (Å²) in [5.41, 5.74) is 5.87. The first-order valence-corrected chi connectivity index (χ1v) is 7.31. The minimum atomic E-state index is -0.413. The lowest BCUT2D eigenvalue weighted by Crippen LogP contribution is -2.32. The molecule has 126 valence electrons. The van der Waals surface area contributed by atoms with Crippen LogP contribution in [0, 0.1) is 11.8 Å². The average Bonchev–Trinajstić information content (AvgIpc) is 2.98. The van der Waals surface area contributed by atoms with Gasteiger partial charge in [-0.1, -0.05) is 0 Å². The third kappa shape index (κ3) is 3.56. The molecule has 1 aromatic rings. The molecule has 23 heavy (non-hydrogen) atoms.